The van der Waals surface area contributed by atoms with Crippen LogP contribution in [-0.2, 0) is 9.59 Å². The summed E-state index contributed by atoms with van der Waals surface area (Å²) in [6, 6.07) is 0. The van der Waals surface area contributed by atoms with E-state index in [9.17, 15) is 4.79 Å². The molecule has 1 heterocycles. The zero-order valence-corrected chi connectivity index (χ0v) is 8.04. The zero-order valence-electron chi connectivity index (χ0n) is 8.04. The minimum Gasteiger partial charge on any atom is -0.481 e. The number of aliphatic hydroxyl groups excluding tert-OH is 1. The Morgan fingerprint density at radius 1 is 1.62 bits per heavy atom. The topological polar surface area (TPSA) is 86.6 Å². The van der Waals surface area contributed by atoms with Gasteiger partial charge in [0, 0.05) is 26.5 Å². The van der Waals surface area contributed by atoms with Gasteiger partial charge in [0.15, 0.2) is 0 Å². The molecular weight excluding hydrogens is 174 g/mol. The molecule has 1 aliphatic heterocycles. The van der Waals surface area contributed by atoms with Gasteiger partial charge in [-0.3, -0.25) is 9.59 Å². The summed E-state index contributed by atoms with van der Waals surface area (Å²) < 4.78 is 0. The van der Waals surface area contributed by atoms with Crippen molar-refractivity contribution < 1.29 is 19.8 Å². The lowest BCUT2D eigenvalue weighted by molar-refractivity contribution is -0.134. The van der Waals surface area contributed by atoms with Gasteiger partial charge in [0.1, 0.15) is 0 Å². The van der Waals surface area contributed by atoms with Gasteiger partial charge in [-0.05, 0) is 13.3 Å². The van der Waals surface area contributed by atoms with Crippen molar-refractivity contribution in [3.63, 3.8) is 0 Å². The lowest BCUT2D eigenvalue weighted by Gasteiger charge is -1.80. The van der Waals surface area contributed by atoms with Gasteiger partial charge in [0.2, 0.25) is 5.91 Å². The first kappa shape index (κ1) is 14.4. The molecule has 0 aliphatic carbocycles. The second kappa shape index (κ2) is 10.9. The Morgan fingerprint density at radius 3 is 2.08 bits per heavy atom. The highest BCUT2D eigenvalue weighted by Crippen LogP contribution is 1.93. The molecule has 0 radical (unpaired) electrons. The molecule has 1 amide bonds. The molecule has 1 rings (SSSR count). The van der Waals surface area contributed by atoms with E-state index < -0.39 is 5.97 Å². The molecule has 13 heavy (non-hydrogen) atoms. The predicted octanol–water partition coefficient (Wildman–Crippen LogP) is -0.0141. The van der Waals surface area contributed by atoms with E-state index in [1.807, 2.05) is 0 Å². The van der Waals surface area contributed by atoms with E-state index in [2.05, 4.69) is 5.32 Å². The number of carboxylic acids is 1. The monoisotopic (exact) mass is 191 g/mol. The SMILES string of the molecule is CC(=O)O.CCO.O=C1CCCN1. The van der Waals surface area contributed by atoms with Gasteiger partial charge in [-0.25, -0.2) is 0 Å². The first-order chi connectivity index (χ1) is 6.04. The summed E-state index contributed by atoms with van der Waals surface area (Å²) in [7, 11) is 0. The number of carbonyl (C=O) groups excluding carboxylic acids is 1. The molecule has 1 fully saturated rings. The van der Waals surface area contributed by atoms with Crippen LogP contribution in [0.25, 0.3) is 0 Å². The van der Waals surface area contributed by atoms with E-state index in [0.717, 1.165) is 26.3 Å². The average Bonchev–Trinajstić information content (AvgIpc) is 2.39. The summed E-state index contributed by atoms with van der Waals surface area (Å²) in [5.74, 6) is -0.630. The third kappa shape index (κ3) is 24.8. The minimum absolute atomic E-state index is 0.204. The molecule has 0 bridgehead atoms. The molecule has 0 aromatic heterocycles. The number of rotatable bonds is 0. The van der Waals surface area contributed by atoms with Gasteiger partial charge in [0.25, 0.3) is 5.97 Å². The standard InChI is InChI=1S/C4H7NO.C2H4O2.C2H6O/c6-4-2-1-3-5-4;1-2(3)4;1-2-3/h1-3H2,(H,5,6);1H3,(H,3,4);3H,2H2,1H3. The molecule has 0 spiro atoms. The van der Waals surface area contributed by atoms with E-state index >= 15 is 0 Å². The van der Waals surface area contributed by atoms with Crippen molar-refractivity contribution in [2.75, 3.05) is 13.2 Å². The van der Waals surface area contributed by atoms with Crippen LogP contribution in [0.3, 0.4) is 0 Å². The molecule has 0 atom stereocenters. The summed E-state index contributed by atoms with van der Waals surface area (Å²) in [6.07, 6.45) is 1.76. The summed E-state index contributed by atoms with van der Waals surface area (Å²) in [5.41, 5.74) is 0. The Hall–Kier alpha value is -1.10. The van der Waals surface area contributed by atoms with Crippen LogP contribution in [0.1, 0.15) is 26.7 Å². The Morgan fingerprint density at radius 2 is 2.00 bits per heavy atom. The van der Waals surface area contributed by atoms with Gasteiger partial charge in [-0.15, -0.1) is 0 Å². The van der Waals surface area contributed by atoms with Crippen molar-refractivity contribution in [2.24, 2.45) is 0 Å². The molecule has 3 N–H and O–H groups in total. The first-order valence-corrected chi connectivity index (χ1v) is 4.11. The summed E-state index contributed by atoms with van der Waals surface area (Å²) >= 11 is 0. The fourth-order valence-corrected chi connectivity index (χ4v) is 0.565. The number of aliphatic hydroxyl groups is 1. The molecule has 5 heteroatoms. The van der Waals surface area contributed by atoms with E-state index in [-0.39, 0.29) is 12.5 Å². The third-order valence-electron chi connectivity index (χ3n) is 0.903. The van der Waals surface area contributed by atoms with Crippen LogP contribution < -0.4 is 5.32 Å². The van der Waals surface area contributed by atoms with Gasteiger partial charge < -0.3 is 15.5 Å². The summed E-state index contributed by atoms with van der Waals surface area (Å²) in [4.78, 5) is 19.1. The second-order valence-electron chi connectivity index (χ2n) is 2.29. The Kier molecular flexibility index (Phi) is 12.1. The lowest BCUT2D eigenvalue weighted by Crippen LogP contribution is -2.12. The fraction of sp³-hybridized carbons (Fsp3) is 0.750. The lowest BCUT2D eigenvalue weighted by atomic mass is 10.4. The molecule has 1 aliphatic rings. The zero-order chi connectivity index (χ0) is 10.7. The number of aliphatic carboxylic acids is 1. The van der Waals surface area contributed by atoms with Crippen LogP contribution in [0, 0.1) is 0 Å². The minimum atomic E-state index is -0.833. The van der Waals surface area contributed by atoms with Crippen LogP contribution in [0.15, 0.2) is 0 Å². The average molecular weight is 191 g/mol. The van der Waals surface area contributed by atoms with Crippen molar-refractivity contribution in [1.29, 1.82) is 0 Å². The molecule has 0 aromatic rings. The Labute approximate surface area is 77.8 Å². The molecule has 0 saturated carbocycles. The normalized spacial score (nSPS) is 13.0. The number of carboxylic acid groups (broad SMARTS) is 1. The molecule has 1 saturated heterocycles. The molecular formula is C8H17NO4. The van der Waals surface area contributed by atoms with Crippen molar-refractivity contribution in [1.82, 2.24) is 5.32 Å². The fourth-order valence-electron chi connectivity index (χ4n) is 0.565. The third-order valence-corrected chi connectivity index (χ3v) is 0.903. The van der Waals surface area contributed by atoms with Gasteiger partial charge >= 0.3 is 0 Å². The molecule has 0 aromatic carbocycles. The van der Waals surface area contributed by atoms with E-state index in [4.69, 9.17) is 15.0 Å². The van der Waals surface area contributed by atoms with Gasteiger partial charge in [-0.2, -0.15) is 0 Å². The number of hydrogen-bond donors (Lipinski definition) is 3. The van der Waals surface area contributed by atoms with Crippen molar-refractivity contribution in [2.45, 2.75) is 26.7 Å². The highest BCUT2D eigenvalue weighted by molar-refractivity contribution is 5.77. The van der Waals surface area contributed by atoms with Crippen molar-refractivity contribution in [3.8, 4) is 0 Å². The highest BCUT2D eigenvalue weighted by Gasteiger charge is 2.05. The van der Waals surface area contributed by atoms with Gasteiger partial charge in [0.05, 0.1) is 0 Å². The summed E-state index contributed by atoms with van der Waals surface area (Å²) in [6.45, 7) is 3.90. The number of amides is 1. The van der Waals surface area contributed by atoms with Crippen molar-refractivity contribution in [3.05, 3.63) is 0 Å². The quantitative estimate of drug-likeness (QED) is 0.502. The Balaban J connectivity index is 0. The van der Waals surface area contributed by atoms with Crippen LogP contribution >= 0.6 is 0 Å². The van der Waals surface area contributed by atoms with Crippen LogP contribution in [0.4, 0.5) is 0 Å². The maximum absolute atomic E-state index is 10.1. The Bertz CT molecular complexity index is 135. The van der Waals surface area contributed by atoms with Crippen molar-refractivity contribution >= 4 is 11.9 Å². The molecule has 78 valence electrons. The van der Waals surface area contributed by atoms with E-state index in [0.29, 0.717) is 0 Å². The maximum atomic E-state index is 10.1. The first-order valence-electron chi connectivity index (χ1n) is 4.11. The maximum Gasteiger partial charge on any atom is 0.300 e. The number of carbonyl (C=O) groups is 2. The van der Waals surface area contributed by atoms with Crippen LogP contribution in [0.5, 0.6) is 0 Å². The van der Waals surface area contributed by atoms with Gasteiger partial charge in [-0.1, -0.05) is 0 Å². The largest absolute Gasteiger partial charge is 0.481 e. The van der Waals surface area contributed by atoms with Crippen LogP contribution in [0.2, 0.25) is 0 Å². The smallest absolute Gasteiger partial charge is 0.300 e. The molecule has 5 nitrogen and oxygen atoms in total. The predicted molar refractivity (Wildman–Crippen MR) is 48.3 cm³/mol. The van der Waals surface area contributed by atoms with E-state index in [1.165, 1.54) is 0 Å². The molecule has 0 unspecified atom stereocenters. The number of hydrogen-bond acceptors (Lipinski definition) is 3. The van der Waals surface area contributed by atoms with Crippen LogP contribution in [-0.4, -0.2) is 35.2 Å². The second-order valence-corrected chi connectivity index (χ2v) is 2.29. The number of nitrogens with one attached hydrogen (secondary N) is 1. The highest BCUT2D eigenvalue weighted by atomic mass is 16.4. The van der Waals surface area contributed by atoms with E-state index in [1.54, 1.807) is 6.92 Å². The summed E-state index contributed by atoms with van der Waals surface area (Å²) in [5, 5.41) is 17.7.